The van der Waals surface area contributed by atoms with E-state index < -0.39 is 0 Å². The predicted molar refractivity (Wildman–Crippen MR) is 64.3 cm³/mol. The van der Waals surface area contributed by atoms with Gasteiger partial charge in [0.15, 0.2) is 0 Å². The molecule has 0 saturated heterocycles. The molecule has 0 aromatic heterocycles. The summed E-state index contributed by atoms with van der Waals surface area (Å²) >= 11 is 0. The third-order valence-electron chi connectivity index (χ3n) is 2.74. The van der Waals surface area contributed by atoms with Gasteiger partial charge in [-0.05, 0) is 43.0 Å². The average molecular weight is 207 g/mol. The molecule has 84 valence electrons. The summed E-state index contributed by atoms with van der Waals surface area (Å²) in [5, 5.41) is 0. The molecule has 1 aromatic carbocycles. The van der Waals surface area contributed by atoms with Gasteiger partial charge in [0.05, 0.1) is 7.11 Å². The van der Waals surface area contributed by atoms with Crippen LogP contribution in [0.25, 0.3) is 0 Å². The first-order chi connectivity index (χ1) is 7.31. The van der Waals surface area contributed by atoms with Crippen molar-refractivity contribution in [3.8, 4) is 5.75 Å². The van der Waals surface area contributed by atoms with Gasteiger partial charge in [-0.1, -0.05) is 25.5 Å². The van der Waals surface area contributed by atoms with Gasteiger partial charge in [-0.3, -0.25) is 0 Å². The normalized spacial score (nSPS) is 12.5. The highest BCUT2D eigenvalue weighted by atomic mass is 16.5. The lowest BCUT2D eigenvalue weighted by Gasteiger charge is -2.15. The molecule has 0 fully saturated rings. The smallest absolute Gasteiger partial charge is 0.118 e. The lowest BCUT2D eigenvalue weighted by atomic mass is 9.91. The molecular formula is C13H21NO. The van der Waals surface area contributed by atoms with Crippen LogP contribution in [0.4, 0.5) is 0 Å². The molecule has 2 N–H and O–H groups in total. The molecule has 1 rings (SSSR count). The second-order valence-corrected chi connectivity index (χ2v) is 3.84. The Morgan fingerprint density at radius 1 is 1.20 bits per heavy atom. The molecule has 0 spiro atoms. The highest BCUT2D eigenvalue weighted by Crippen LogP contribution is 2.25. The predicted octanol–water partition coefficient (Wildman–Crippen LogP) is 2.93. The SMILES string of the molecule is CCCC(CCN)c1ccc(OC)cc1. The second kappa shape index (κ2) is 6.46. The topological polar surface area (TPSA) is 35.2 Å². The number of methoxy groups -OCH3 is 1. The molecule has 0 saturated carbocycles. The fraction of sp³-hybridized carbons (Fsp3) is 0.538. The quantitative estimate of drug-likeness (QED) is 0.778. The van der Waals surface area contributed by atoms with Crippen molar-refractivity contribution in [2.75, 3.05) is 13.7 Å². The molecule has 1 unspecified atom stereocenters. The van der Waals surface area contributed by atoms with E-state index in [2.05, 4.69) is 19.1 Å². The van der Waals surface area contributed by atoms with E-state index in [0.29, 0.717) is 5.92 Å². The van der Waals surface area contributed by atoms with E-state index in [1.165, 1.54) is 18.4 Å². The average Bonchev–Trinajstić information content (AvgIpc) is 2.29. The first-order valence-electron chi connectivity index (χ1n) is 5.65. The summed E-state index contributed by atoms with van der Waals surface area (Å²) < 4.78 is 5.14. The molecule has 0 amide bonds. The largest absolute Gasteiger partial charge is 0.497 e. The van der Waals surface area contributed by atoms with Crippen molar-refractivity contribution in [2.45, 2.75) is 32.1 Å². The number of rotatable bonds is 6. The van der Waals surface area contributed by atoms with Crippen LogP contribution < -0.4 is 10.5 Å². The van der Waals surface area contributed by atoms with Gasteiger partial charge in [0, 0.05) is 0 Å². The Balaban J connectivity index is 2.72. The molecule has 0 aliphatic heterocycles. The van der Waals surface area contributed by atoms with Gasteiger partial charge in [0.1, 0.15) is 5.75 Å². The molecule has 1 atom stereocenters. The van der Waals surface area contributed by atoms with Crippen molar-refractivity contribution in [2.24, 2.45) is 5.73 Å². The highest BCUT2D eigenvalue weighted by Gasteiger charge is 2.09. The van der Waals surface area contributed by atoms with Crippen molar-refractivity contribution < 1.29 is 4.74 Å². The first-order valence-corrected chi connectivity index (χ1v) is 5.65. The van der Waals surface area contributed by atoms with Crippen LogP contribution in [0.5, 0.6) is 5.75 Å². The van der Waals surface area contributed by atoms with E-state index in [4.69, 9.17) is 10.5 Å². The van der Waals surface area contributed by atoms with Gasteiger partial charge >= 0.3 is 0 Å². The van der Waals surface area contributed by atoms with E-state index in [-0.39, 0.29) is 0 Å². The van der Waals surface area contributed by atoms with Crippen molar-refractivity contribution in [3.05, 3.63) is 29.8 Å². The number of nitrogens with two attached hydrogens (primary N) is 1. The molecule has 1 aromatic rings. The minimum absolute atomic E-state index is 0.603. The third-order valence-corrected chi connectivity index (χ3v) is 2.74. The molecule has 0 radical (unpaired) electrons. The van der Waals surface area contributed by atoms with Crippen molar-refractivity contribution in [1.82, 2.24) is 0 Å². The van der Waals surface area contributed by atoms with E-state index >= 15 is 0 Å². The summed E-state index contributed by atoms with van der Waals surface area (Å²) in [4.78, 5) is 0. The number of hydrogen-bond donors (Lipinski definition) is 1. The van der Waals surface area contributed by atoms with Crippen LogP contribution in [0.15, 0.2) is 24.3 Å². The maximum absolute atomic E-state index is 5.63. The summed E-state index contributed by atoms with van der Waals surface area (Å²) in [5.74, 6) is 1.52. The first kappa shape index (κ1) is 12.1. The number of hydrogen-bond acceptors (Lipinski definition) is 2. The summed E-state index contributed by atoms with van der Waals surface area (Å²) in [7, 11) is 1.69. The lowest BCUT2D eigenvalue weighted by Crippen LogP contribution is -2.07. The minimum Gasteiger partial charge on any atom is -0.497 e. The van der Waals surface area contributed by atoms with Crippen molar-refractivity contribution >= 4 is 0 Å². The van der Waals surface area contributed by atoms with Crippen LogP contribution in [0.3, 0.4) is 0 Å². The number of benzene rings is 1. The molecular weight excluding hydrogens is 186 g/mol. The van der Waals surface area contributed by atoms with Crippen LogP contribution in [0.2, 0.25) is 0 Å². The van der Waals surface area contributed by atoms with Gasteiger partial charge in [0.25, 0.3) is 0 Å². The lowest BCUT2D eigenvalue weighted by molar-refractivity contribution is 0.414. The fourth-order valence-electron chi connectivity index (χ4n) is 1.90. The van der Waals surface area contributed by atoms with Crippen LogP contribution in [-0.2, 0) is 0 Å². The zero-order valence-corrected chi connectivity index (χ0v) is 9.70. The third kappa shape index (κ3) is 3.56. The summed E-state index contributed by atoms with van der Waals surface area (Å²) in [5.41, 5.74) is 7.01. The second-order valence-electron chi connectivity index (χ2n) is 3.84. The van der Waals surface area contributed by atoms with Crippen molar-refractivity contribution in [1.29, 1.82) is 0 Å². The maximum Gasteiger partial charge on any atom is 0.118 e. The maximum atomic E-state index is 5.63. The van der Waals surface area contributed by atoms with Crippen LogP contribution >= 0.6 is 0 Å². The van der Waals surface area contributed by atoms with E-state index in [9.17, 15) is 0 Å². The van der Waals surface area contributed by atoms with Gasteiger partial charge in [-0.25, -0.2) is 0 Å². The Morgan fingerprint density at radius 3 is 2.33 bits per heavy atom. The summed E-state index contributed by atoms with van der Waals surface area (Å²) in [6.07, 6.45) is 3.49. The van der Waals surface area contributed by atoms with E-state index in [1.807, 2.05) is 12.1 Å². The monoisotopic (exact) mass is 207 g/mol. The molecule has 0 heterocycles. The molecule has 0 bridgehead atoms. The van der Waals surface area contributed by atoms with Crippen LogP contribution in [0, 0.1) is 0 Å². The van der Waals surface area contributed by atoms with Gasteiger partial charge in [0.2, 0.25) is 0 Å². The summed E-state index contributed by atoms with van der Waals surface area (Å²) in [6, 6.07) is 8.34. The number of ether oxygens (including phenoxy) is 1. The Morgan fingerprint density at radius 2 is 1.87 bits per heavy atom. The Bertz CT molecular complexity index is 262. The van der Waals surface area contributed by atoms with Crippen LogP contribution in [-0.4, -0.2) is 13.7 Å². The summed E-state index contributed by atoms with van der Waals surface area (Å²) in [6.45, 7) is 2.98. The zero-order chi connectivity index (χ0) is 11.1. The molecule has 15 heavy (non-hydrogen) atoms. The molecule has 0 aliphatic carbocycles. The molecule has 2 heteroatoms. The Hall–Kier alpha value is -1.02. The fourth-order valence-corrected chi connectivity index (χ4v) is 1.90. The van der Waals surface area contributed by atoms with Gasteiger partial charge in [-0.2, -0.15) is 0 Å². The van der Waals surface area contributed by atoms with Crippen molar-refractivity contribution in [3.63, 3.8) is 0 Å². The standard InChI is InChI=1S/C13H21NO/c1-3-4-11(9-10-14)12-5-7-13(15-2)8-6-12/h5-8,11H,3-4,9-10,14H2,1-2H3. The zero-order valence-electron chi connectivity index (χ0n) is 9.70. The van der Waals surface area contributed by atoms with E-state index in [0.717, 1.165) is 18.7 Å². The Kier molecular flexibility index (Phi) is 5.19. The minimum atomic E-state index is 0.603. The Labute approximate surface area is 92.4 Å². The molecule has 0 aliphatic rings. The van der Waals surface area contributed by atoms with Crippen LogP contribution in [0.1, 0.15) is 37.7 Å². The highest BCUT2D eigenvalue weighted by molar-refractivity contribution is 5.29. The van der Waals surface area contributed by atoms with Gasteiger partial charge < -0.3 is 10.5 Å². The van der Waals surface area contributed by atoms with Gasteiger partial charge in [-0.15, -0.1) is 0 Å². The van der Waals surface area contributed by atoms with E-state index in [1.54, 1.807) is 7.11 Å². The molecule has 2 nitrogen and oxygen atoms in total.